The van der Waals surface area contributed by atoms with Crippen molar-refractivity contribution in [2.24, 2.45) is 16.5 Å². The molecule has 0 bridgehead atoms. The Hall–Kier alpha value is -6.24. The van der Waals surface area contributed by atoms with Crippen molar-refractivity contribution in [3.05, 3.63) is 114 Å². The predicted octanol–water partition coefficient (Wildman–Crippen LogP) is 1.59. The van der Waals surface area contributed by atoms with E-state index in [2.05, 4.69) is 31.6 Å². The van der Waals surface area contributed by atoms with Crippen LogP contribution in [0.3, 0.4) is 0 Å². The lowest BCUT2D eigenvalue weighted by Crippen LogP contribution is -2.55. The van der Waals surface area contributed by atoms with Crippen LogP contribution in [0.5, 0.6) is 0 Å². The zero-order valence-electron chi connectivity index (χ0n) is 26.9. The molecule has 4 rings (SSSR count). The average Bonchev–Trinajstić information content (AvgIpc) is 3.11. The highest BCUT2D eigenvalue weighted by Gasteiger charge is 2.27. The second-order valence-corrected chi connectivity index (χ2v) is 11.2. The third-order valence-electron chi connectivity index (χ3n) is 7.45. The molecule has 13 nitrogen and oxygen atoms in total. The quantitative estimate of drug-likeness (QED) is 0.0534. The molecular weight excluding hydrogens is 624 g/mol. The molecule has 4 aromatic carbocycles. The molecule has 1 unspecified atom stereocenters. The molecular formula is C36H40N8O5. The van der Waals surface area contributed by atoms with Crippen LogP contribution in [0.15, 0.2) is 108 Å². The maximum atomic E-state index is 13.7. The third kappa shape index (κ3) is 11.5. The highest BCUT2D eigenvalue weighted by molar-refractivity contribution is 6.04. The molecule has 254 valence electrons. The number of amides is 5. The van der Waals surface area contributed by atoms with E-state index in [0.29, 0.717) is 17.7 Å². The van der Waals surface area contributed by atoms with Gasteiger partial charge in [0.2, 0.25) is 23.6 Å². The van der Waals surface area contributed by atoms with Crippen molar-refractivity contribution in [1.82, 2.24) is 21.3 Å². The Morgan fingerprint density at radius 3 is 2.04 bits per heavy atom. The number of hydrogen-bond donors (Lipinski definition) is 7. The lowest BCUT2D eigenvalue weighted by Gasteiger charge is -2.23. The van der Waals surface area contributed by atoms with E-state index in [4.69, 9.17) is 11.5 Å². The fourth-order valence-electron chi connectivity index (χ4n) is 5.02. The van der Waals surface area contributed by atoms with E-state index in [0.717, 1.165) is 16.3 Å². The van der Waals surface area contributed by atoms with Gasteiger partial charge in [-0.05, 0) is 42.0 Å². The molecule has 9 N–H and O–H groups in total. The van der Waals surface area contributed by atoms with Crippen molar-refractivity contribution in [3.8, 4) is 0 Å². The van der Waals surface area contributed by atoms with Gasteiger partial charge in [0.25, 0.3) is 5.91 Å². The first-order valence-corrected chi connectivity index (χ1v) is 15.8. The first-order valence-electron chi connectivity index (χ1n) is 15.8. The van der Waals surface area contributed by atoms with Crippen molar-refractivity contribution >= 4 is 52.0 Å². The normalized spacial score (nSPS) is 11.8. The maximum Gasteiger partial charge on any atom is 0.251 e. The van der Waals surface area contributed by atoms with Gasteiger partial charge in [-0.1, -0.05) is 84.9 Å². The Kier molecular flexibility index (Phi) is 13.2. The monoisotopic (exact) mass is 664 g/mol. The van der Waals surface area contributed by atoms with Crippen LogP contribution >= 0.6 is 0 Å². The number of rotatable bonds is 16. The van der Waals surface area contributed by atoms with Crippen LogP contribution in [-0.2, 0) is 25.6 Å². The minimum absolute atomic E-state index is 0.111. The van der Waals surface area contributed by atoms with Gasteiger partial charge in [-0.25, -0.2) is 0 Å². The Morgan fingerprint density at radius 1 is 0.653 bits per heavy atom. The van der Waals surface area contributed by atoms with Gasteiger partial charge in [-0.15, -0.1) is 0 Å². The summed E-state index contributed by atoms with van der Waals surface area (Å²) in [6.07, 6.45) is 0.582. The third-order valence-corrected chi connectivity index (χ3v) is 7.45. The van der Waals surface area contributed by atoms with Crippen molar-refractivity contribution in [2.75, 3.05) is 25.0 Å². The molecule has 5 amide bonds. The predicted molar refractivity (Wildman–Crippen MR) is 188 cm³/mol. The molecule has 0 fully saturated rings. The highest BCUT2D eigenvalue weighted by Crippen LogP contribution is 2.22. The molecule has 0 aliphatic carbocycles. The zero-order chi connectivity index (χ0) is 35.0. The van der Waals surface area contributed by atoms with Crippen LogP contribution < -0.4 is 38.1 Å². The number of benzene rings is 4. The SMILES string of the molecule is NC(N)=NCCCC(NC(=O)[C@@H](Cc1ccccc1)NC(=O)CNC(=O)c1ccccc1)C(=O)NCC(=O)Nc1cccc2ccccc12. The summed E-state index contributed by atoms with van der Waals surface area (Å²) < 4.78 is 0. The topological polar surface area (TPSA) is 210 Å². The average molecular weight is 665 g/mol. The molecule has 13 heteroatoms. The van der Waals surface area contributed by atoms with Gasteiger partial charge >= 0.3 is 0 Å². The van der Waals surface area contributed by atoms with Crippen LogP contribution in [0.2, 0.25) is 0 Å². The van der Waals surface area contributed by atoms with Crippen molar-refractivity contribution in [2.45, 2.75) is 31.3 Å². The van der Waals surface area contributed by atoms with Crippen molar-refractivity contribution < 1.29 is 24.0 Å². The number of nitrogens with one attached hydrogen (secondary N) is 5. The van der Waals surface area contributed by atoms with Gasteiger partial charge in [0, 0.05) is 29.6 Å². The van der Waals surface area contributed by atoms with E-state index in [9.17, 15) is 24.0 Å². The number of fused-ring (bicyclic) bond motifs is 1. The zero-order valence-corrected chi connectivity index (χ0v) is 26.9. The van der Waals surface area contributed by atoms with Crippen LogP contribution in [0.4, 0.5) is 5.69 Å². The number of carbonyl (C=O) groups excluding carboxylic acids is 5. The Bertz CT molecular complexity index is 1770. The molecule has 0 aromatic heterocycles. The molecule has 0 saturated heterocycles. The summed E-state index contributed by atoms with van der Waals surface area (Å²) in [6, 6.07) is 28.4. The molecule has 0 aliphatic rings. The van der Waals surface area contributed by atoms with Crippen molar-refractivity contribution in [3.63, 3.8) is 0 Å². The van der Waals surface area contributed by atoms with Gasteiger partial charge in [0.15, 0.2) is 5.96 Å². The maximum absolute atomic E-state index is 13.7. The second kappa shape index (κ2) is 18.2. The van der Waals surface area contributed by atoms with E-state index in [-0.39, 0.29) is 38.4 Å². The number of carbonyl (C=O) groups is 5. The van der Waals surface area contributed by atoms with Crippen molar-refractivity contribution in [1.29, 1.82) is 0 Å². The minimum atomic E-state index is -1.09. The van der Waals surface area contributed by atoms with Gasteiger partial charge < -0.3 is 38.1 Å². The van der Waals surface area contributed by atoms with Crippen LogP contribution in [0.1, 0.15) is 28.8 Å². The molecule has 0 saturated carbocycles. The fourth-order valence-corrected chi connectivity index (χ4v) is 5.02. The molecule has 0 aliphatic heterocycles. The fraction of sp³-hybridized carbons (Fsp3) is 0.222. The van der Waals surface area contributed by atoms with Gasteiger partial charge in [-0.2, -0.15) is 0 Å². The Balaban J connectivity index is 1.42. The van der Waals surface area contributed by atoms with E-state index < -0.39 is 41.6 Å². The summed E-state index contributed by atoms with van der Waals surface area (Å²) in [4.78, 5) is 69.2. The number of guanidine groups is 1. The largest absolute Gasteiger partial charge is 0.370 e. The van der Waals surface area contributed by atoms with Gasteiger partial charge in [0.1, 0.15) is 12.1 Å². The highest BCUT2D eigenvalue weighted by atomic mass is 16.2. The smallest absolute Gasteiger partial charge is 0.251 e. The lowest BCUT2D eigenvalue weighted by molar-refractivity contribution is -0.132. The summed E-state index contributed by atoms with van der Waals surface area (Å²) >= 11 is 0. The summed E-state index contributed by atoms with van der Waals surface area (Å²) in [5, 5.41) is 15.2. The van der Waals surface area contributed by atoms with E-state index in [1.807, 2.05) is 42.5 Å². The number of nitrogens with two attached hydrogens (primary N) is 2. The lowest BCUT2D eigenvalue weighted by atomic mass is 10.0. The minimum Gasteiger partial charge on any atom is -0.370 e. The Morgan fingerprint density at radius 2 is 1.31 bits per heavy atom. The summed E-state index contributed by atoms with van der Waals surface area (Å²) in [6.45, 7) is -0.525. The van der Waals surface area contributed by atoms with Gasteiger partial charge in [0.05, 0.1) is 13.1 Å². The molecule has 4 aromatic rings. The first kappa shape index (κ1) is 35.6. The molecule has 0 heterocycles. The molecule has 49 heavy (non-hydrogen) atoms. The van der Waals surface area contributed by atoms with Crippen LogP contribution in [0, 0.1) is 0 Å². The number of aliphatic imine (C=N–C) groups is 1. The van der Waals surface area contributed by atoms with E-state index in [1.165, 1.54) is 0 Å². The summed E-state index contributed by atoms with van der Waals surface area (Å²) in [7, 11) is 0. The molecule has 0 spiro atoms. The number of anilines is 1. The van der Waals surface area contributed by atoms with Crippen LogP contribution in [0.25, 0.3) is 10.8 Å². The molecule has 2 atom stereocenters. The first-order chi connectivity index (χ1) is 23.7. The molecule has 0 radical (unpaired) electrons. The van der Waals surface area contributed by atoms with Gasteiger partial charge in [-0.3, -0.25) is 29.0 Å². The summed E-state index contributed by atoms with van der Waals surface area (Å²) in [5.74, 6) is -2.84. The van der Waals surface area contributed by atoms with E-state index in [1.54, 1.807) is 60.7 Å². The van der Waals surface area contributed by atoms with E-state index >= 15 is 0 Å². The van der Waals surface area contributed by atoms with Crippen LogP contribution in [-0.4, -0.2) is 67.2 Å². The number of nitrogens with zero attached hydrogens (tertiary/aromatic N) is 1. The Labute approximate surface area is 283 Å². The second-order valence-electron chi connectivity index (χ2n) is 11.2. The number of hydrogen-bond acceptors (Lipinski definition) is 6. The standard InChI is InChI=1S/C36H40N8O5/c37-36(38)39-20-10-19-29(34(48)41-23-31(45)42-28-18-9-16-25-13-7-8-17-27(25)28)44-35(49)30(21-24-11-3-1-4-12-24)43-32(46)22-40-33(47)26-14-5-2-6-15-26/h1-9,11-18,29-30H,10,19-23H2,(H,40,47)(H,41,48)(H,42,45)(H,43,46)(H,44,49)(H4,37,38,39)/t29?,30-/m1/s1. The summed E-state index contributed by atoms with van der Waals surface area (Å²) in [5.41, 5.74) is 12.6.